The molecule has 8 heteroatoms. The summed E-state index contributed by atoms with van der Waals surface area (Å²) < 4.78 is 13.4. The van der Waals surface area contributed by atoms with Crippen molar-refractivity contribution in [1.29, 1.82) is 0 Å². The molecular formula is C19H19BrN4O2S. The van der Waals surface area contributed by atoms with E-state index >= 15 is 0 Å². The van der Waals surface area contributed by atoms with E-state index in [1.807, 2.05) is 47.3 Å². The molecular weight excluding hydrogens is 428 g/mol. The largest absolute Gasteiger partial charge is 0.497 e. The van der Waals surface area contributed by atoms with Gasteiger partial charge in [0.1, 0.15) is 11.5 Å². The molecule has 0 aliphatic carbocycles. The standard InChI is InChI=1S/C19H19BrN4O2S/c1-25-16-6-7-17(18(9-16)26-2)23-19(27)22-15-5-3-4-13(8-15)11-24-12-14(20)10-21-24/h3-10,12H,11H2,1-2H3,(H2,22,23,27). The Morgan fingerprint density at radius 1 is 1.15 bits per heavy atom. The second-order valence-electron chi connectivity index (χ2n) is 5.70. The molecule has 0 aliphatic rings. The Balaban J connectivity index is 1.66. The van der Waals surface area contributed by atoms with Gasteiger partial charge in [-0.2, -0.15) is 5.10 Å². The fraction of sp³-hybridized carbons (Fsp3) is 0.158. The van der Waals surface area contributed by atoms with Crippen LogP contribution < -0.4 is 20.1 Å². The lowest BCUT2D eigenvalue weighted by molar-refractivity contribution is 0.395. The van der Waals surface area contributed by atoms with E-state index in [-0.39, 0.29) is 0 Å². The molecule has 1 aromatic heterocycles. The fourth-order valence-corrected chi connectivity index (χ4v) is 3.10. The second kappa shape index (κ2) is 8.88. The first-order chi connectivity index (χ1) is 13.1. The fourth-order valence-electron chi connectivity index (χ4n) is 2.55. The molecule has 6 nitrogen and oxygen atoms in total. The maximum atomic E-state index is 5.43. The number of methoxy groups -OCH3 is 2. The lowest BCUT2D eigenvalue weighted by Gasteiger charge is -2.15. The van der Waals surface area contributed by atoms with Crippen molar-refractivity contribution in [2.45, 2.75) is 6.54 Å². The van der Waals surface area contributed by atoms with Crippen molar-refractivity contribution in [2.24, 2.45) is 0 Å². The number of halogens is 1. The molecule has 0 radical (unpaired) electrons. The Bertz CT molecular complexity index is 945. The highest BCUT2D eigenvalue weighted by atomic mass is 79.9. The molecule has 3 aromatic rings. The molecule has 0 aliphatic heterocycles. The number of ether oxygens (including phenoxy) is 2. The molecule has 0 unspecified atom stereocenters. The highest BCUT2D eigenvalue weighted by Gasteiger charge is 2.07. The van der Waals surface area contributed by atoms with Gasteiger partial charge in [-0.15, -0.1) is 0 Å². The first-order valence-electron chi connectivity index (χ1n) is 8.14. The van der Waals surface area contributed by atoms with Crippen molar-refractivity contribution >= 4 is 44.6 Å². The van der Waals surface area contributed by atoms with Crippen LogP contribution in [-0.4, -0.2) is 29.1 Å². The van der Waals surface area contributed by atoms with E-state index in [9.17, 15) is 0 Å². The van der Waals surface area contributed by atoms with Gasteiger partial charge in [-0.25, -0.2) is 0 Å². The van der Waals surface area contributed by atoms with Crippen LogP contribution >= 0.6 is 28.1 Å². The number of aromatic nitrogens is 2. The Hall–Kier alpha value is -2.58. The van der Waals surface area contributed by atoms with E-state index in [2.05, 4.69) is 31.7 Å². The van der Waals surface area contributed by atoms with E-state index in [0.717, 1.165) is 21.4 Å². The molecule has 0 bridgehead atoms. The zero-order valence-electron chi connectivity index (χ0n) is 14.9. The molecule has 0 saturated heterocycles. The lowest BCUT2D eigenvalue weighted by Crippen LogP contribution is -2.19. The number of rotatable bonds is 6. The third-order valence-electron chi connectivity index (χ3n) is 3.79. The highest BCUT2D eigenvalue weighted by Crippen LogP contribution is 2.29. The first-order valence-corrected chi connectivity index (χ1v) is 9.34. The lowest BCUT2D eigenvalue weighted by atomic mass is 10.2. The molecule has 27 heavy (non-hydrogen) atoms. The molecule has 3 rings (SSSR count). The summed E-state index contributed by atoms with van der Waals surface area (Å²) in [5.41, 5.74) is 2.76. The van der Waals surface area contributed by atoms with Gasteiger partial charge in [-0.05, 0) is 58.0 Å². The first kappa shape index (κ1) is 19.2. The third-order valence-corrected chi connectivity index (χ3v) is 4.40. The van der Waals surface area contributed by atoms with Crippen molar-refractivity contribution in [3.05, 3.63) is 64.9 Å². The van der Waals surface area contributed by atoms with Gasteiger partial charge in [0.15, 0.2) is 5.11 Å². The summed E-state index contributed by atoms with van der Waals surface area (Å²) in [5.74, 6) is 1.37. The smallest absolute Gasteiger partial charge is 0.175 e. The van der Waals surface area contributed by atoms with Gasteiger partial charge >= 0.3 is 0 Å². The van der Waals surface area contributed by atoms with E-state index in [1.54, 1.807) is 26.5 Å². The van der Waals surface area contributed by atoms with E-state index in [0.29, 0.717) is 23.2 Å². The Morgan fingerprint density at radius 3 is 2.70 bits per heavy atom. The quantitative estimate of drug-likeness (QED) is 0.542. The topological polar surface area (TPSA) is 60.3 Å². The number of hydrogen-bond donors (Lipinski definition) is 2. The summed E-state index contributed by atoms with van der Waals surface area (Å²) in [6.45, 7) is 0.674. The van der Waals surface area contributed by atoms with Crippen molar-refractivity contribution in [1.82, 2.24) is 9.78 Å². The van der Waals surface area contributed by atoms with E-state index in [4.69, 9.17) is 21.7 Å². The van der Waals surface area contributed by atoms with Crippen LogP contribution in [0, 0.1) is 0 Å². The zero-order valence-corrected chi connectivity index (χ0v) is 17.3. The summed E-state index contributed by atoms with van der Waals surface area (Å²) >= 11 is 8.84. The van der Waals surface area contributed by atoms with Crippen molar-refractivity contribution < 1.29 is 9.47 Å². The van der Waals surface area contributed by atoms with Crippen molar-refractivity contribution in [3.63, 3.8) is 0 Å². The second-order valence-corrected chi connectivity index (χ2v) is 7.03. The average molecular weight is 447 g/mol. The normalized spacial score (nSPS) is 10.3. The minimum absolute atomic E-state index is 0.470. The zero-order chi connectivity index (χ0) is 19.2. The number of nitrogens with one attached hydrogen (secondary N) is 2. The van der Waals surface area contributed by atoms with Gasteiger partial charge in [0.2, 0.25) is 0 Å². The number of nitrogens with zero attached hydrogens (tertiary/aromatic N) is 2. The van der Waals surface area contributed by atoms with Crippen LogP contribution in [0.2, 0.25) is 0 Å². The highest BCUT2D eigenvalue weighted by molar-refractivity contribution is 9.10. The molecule has 2 aromatic carbocycles. The predicted octanol–water partition coefficient (Wildman–Crippen LogP) is 4.52. The molecule has 2 N–H and O–H groups in total. The van der Waals surface area contributed by atoms with Gasteiger partial charge in [0.25, 0.3) is 0 Å². The molecule has 0 amide bonds. The maximum absolute atomic E-state index is 5.43. The summed E-state index contributed by atoms with van der Waals surface area (Å²) in [6.07, 6.45) is 3.70. The predicted molar refractivity (Wildman–Crippen MR) is 115 cm³/mol. The van der Waals surface area contributed by atoms with Gasteiger partial charge in [0.05, 0.1) is 37.1 Å². The summed E-state index contributed by atoms with van der Waals surface area (Å²) in [5, 5.41) is 11.1. The van der Waals surface area contributed by atoms with Crippen LogP contribution in [0.1, 0.15) is 5.56 Å². The monoisotopic (exact) mass is 446 g/mol. The Kier molecular flexibility index (Phi) is 6.31. The SMILES string of the molecule is COc1ccc(NC(=S)Nc2cccc(Cn3cc(Br)cn3)c2)c(OC)c1. The summed E-state index contributed by atoms with van der Waals surface area (Å²) in [4.78, 5) is 0. The van der Waals surface area contributed by atoms with Gasteiger partial charge < -0.3 is 20.1 Å². The van der Waals surface area contributed by atoms with E-state index < -0.39 is 0 Å². The van der Waals surface area contributed by atoms with Crippen LogP contribution in [0.3, 0.4) is 0 Å². The molecule has 0 fully saturated rings. The minimum atomic E-state index is 0.470. The molecule has 0 atom stereocenters. The van der Waals surface area contributed by atoms with Gasteiger partial charge in [0, 0.05) is 18.0 Å². The molecule has 140 valence electrons. The summed E-state index contributed by atoms with van der Waals surface area (Å²) in [7, 11) is 3.22. The number of thiocarbonyl (C=S) groups is 1. The van der Waals surface area contributed by atoms with Crippen LogP contribution in [0.25, 0.3) is 0 Å². The molecule has 0 spiro atoms. The minimum Gasteiger partial charge on any atom is -0.497 e. The maximum Gasteiger partial charge on any atom is 0.175 e. The third kappa shape index (κ3) is 5.21. The van der Waals surface area contributed by atoms with Gasteiger partial charge in [-0.1, -0.05) is 12.1 Å². The van der Waals surface area contributed by atoms with Crippen LogP contribution in [0.5, 0.6) is 11.5 Å². The molecule has 0 saturated carbocycles. The average Bonchev–Trinajstić information content (AvgIpc) is 3.07. The van der Waals surface area contributed by atoms with Crippen molar-refractivity contribution in [2.75, 3.05) is 24.9 Å². The van der Waals surface area contributed by atoms with Gasteiger partial charge in [-0.3, -0.25) is 4.68 Å². The van der Waals surface area contributed by atoms with Crippen LogP contribution in [0.15, 0.2) is 59.3 Å². The Labute approximate surface area is 171 Å². The number of benzene rings is 2. The number of hydrogen-bond acceptors (Lipinski definition) is 4. The Morgan fingerprint density at radius 2 is 2.00 bits per heavy atom. The van der Waals surface area contributed by atoms with Crippen LogP contribution in [-0.2, 0) is 6.54 Å². The summed E-state index contributed by atoms with van der Waals surface area (Å²) in [6, 6.07) is 13.5. The number of anilines is 2. The van der Waals surface area contributed by atoms with E-state index in [1.165, 1.54) is 0 Å². The van der Waals surface area contributed by atoms with Crippen LogP contribution in [0.4, 0.5) is 11.4 Å². The molecule has 1 heterocycles. The van der Waals surface area contributed by atoms with Crippen molar-refractivity contribution in [3.8, 4) is 11.5 Å².